The van der Waals surface area contributed by atoms with Gasteiger partial charge in [0.1, 0.15) is 18.1 Å². The van der Waals surface area contributed by atoms with Gasteiger partial charge in [-0.25, -0.2) is 4.79 Å². The van der Waals surface area contributed by atoms with Gasteiger partial charge >= 0.3 is 11.9 Å². The summed E-state index contributed by atoms with van der Waals surface area (Å²) in [5.74, 6) is 3.32. The fourth-order valence-electron chi connectivity index (χ4n) is 4.57. The Balaban J connectivity index is 1.75. The van der Waals surface area contributed by atoms with Crippen molar-refractivity contribution in [1.29, 1.82) is 0 Å². The zero-order chi connectivity index (χ0) is 37.9. The van der Waals surface area contributed by atoms with Gasteiger partial charge in [0.15, 0.2) is 16.6 Å². The molecule has 0 bridgehead atoms. The average molecular weight is 739 g/mol. The summed E-state index contributed by atoms with van der Waals surface area (Å²) >= 11 is 0. The van der Waals surface area contributed by atoms with Crippen molar-refractivity contribution in [1.82, 2.24) is 9.55 Å². The SMILES string of the molecule is CC(C)(C)[Si](C)(C)OC[C@H]1O[C@@H](n2ccc(NCc3ccc(C#CCCC(=O)C(F)(F)F)cc3[N+](=O)[O-])nc2=O)CC1O[Si](C)(C)C(C)(C)C. The van der Waals surface area contributed by atoms with Gasteiger partial charge in [-0.1, -0.05) is 53.4 Å². The summed E-state index contributed by atoms with van der Waals surface area (Å²) < 4.78 is 58.3. The van der Waals surface area contributed by atoms with Crippen LogP contribution < -0.4 is 11.0 Å². The molecule has 1 saturated heterocycles. The molecule has 0 amide bonds. The zero-order valence-electron chi connectivity index (χ0n) is 30.5. The Morgan fingerprint density at radius 3 is 2.30 bits per heavy atom. The normalized spacial score (nSPS) is 18.8. The molecular formula is C34H49F3N4O7Si2. The lowest BCUT2D eigenvalue weighted by atomic mass is 10.1. The van der Waals surface area contributed by atoms with Crippen LogP contribution in [-0.2, 0) is 24.9 Å². The van der Waals surface area contributed by atoms with Crippen molar-refractivity contribution in [2.45, 2.75) is 128 Å². The first-order chi connectivity index (χ1) is 22.8. The number of halogens is 3. The van der Waals surface area contributed by atoms with E-state index < -0.39 is 51.9 Å². The fraction of sp³-hybridized carbons (Fsp3) is 0.618. The molecule has 276 valence electrons. The van der Waals surface area contributed by atoms with E-state index in [2.05, 4.69) is 89.9 Å². The highest BCUT2D eigenvalue weighted by atomic mass is 28.4. The second-order valence-electron chi connectivity index (χ2n) is 15.5. The van der Waals surface area contributed by atoms with Gasteiger partial charge in [-0.3, -0.25) is 19.5 Å². The molecule has 1 aliphatic heterocycles. The maximum atomic E-state index is 13.3. The van der Waals surface area contributed by atoms with Gasteiger partial charge in [0.25, 0.3) is 5.69 Å². The number of ketones is 1. The number of nitro groups is 1. The van der Waals surface area contributed by atoms with Crippen LogP contribution in [0.15, 0.2) is 35.3 Å². The second-order valence-corrected chi connectivity index (χ2v) is 25.1. The van der Waals surface area contributed by atoms with Crippen LogP contribution in [0.5, 0.6) is 0 Å². The topological polar surface area (TPSA) is 135 Å². The van der Waals surface area contributed by atoms with E-state index in [0.717, 1.165) is 0 Å². The molecule has 2 heterocycles. The Bertz CT molecular complexity index is 1670. The number of anilines is 1. The number of nitro benzene ring substituents is 1. The molecular weight excluding hydrogens is 690 g/mol. The molecule has 1 aromatic carbocycles. The molecule has 2 aromatic rings. The van der Waals surface area contributed by atoms with E-state index in [1.165, 1.54) is 22.8 Å². The first-order valence-electron chi connectivity index (χ1n) is 16.5. The van der Waals surface area contributed by atoms with E-state index in [4.69, 9.17) is 13.6 Å². The third-order valence-corrected chi connectivity index (χ3v) is 18.8. The van der Waals surface area contributed by atoms with Crippen LogP contribution >= 0.6 is 0 Å². The number of alkyl halides is 3. The van der Waals surface area contributed by atoms with Gasteiger partial charge in [-0.15, -0.1) is 0 Å². The molecule has 16 heteroatoms. The minimum Gasteiger partial charge on any atom is -0.414 e. The number of carbonyl (C=O) groups is 1. The summed E-state index contributed by atoms with van der Waals surface area (Å²) in [6, 6.07) is 5.73. The van der Waals surface area contributed by atoms with E-state index in [9.17, 15) is 32.9 Å². The van der Waals surface area contributed by atoms with E-state index >= 15 is 0 Å². The van der Waals surface area contributed by atoms with Crippen molar-refractivity contribution in [2.75, 3.05) is 11.9 Å². The van der Waals surface area contributed by atoms with Gasteiger partial charge < -0.3 is 18.9 Å². The Labute approximate surface area is 293 Å². The molecule has 3 atom stereocenters. The maximum Gasteiger partial charge on any atom is 0.450 e. The van der Waals surface area contributed by atoms with Gasteiger partial charge in [0.2, 0.25) is 5.78 Å². The third-order valence-electron chi connectivity index (χ3n) is 9.76. The molecule has 3 rings (SSSR count). The minimum atomic E-state index is -4.92. The maximum absolute atomic E-state index is 13.3. The van der Waals surface area contributed by atoms with E-state index in [1.54, 1.807) is 12.3 Å². The number of rotatable bonds is 12. The molecule has 1 aliphatic rings. The monoisotopic (exact) mass is 738 g/mol. The molecule has 0 aliphatic carbocycles. The Hall–Kier alpha value is -3.37. The first kappa shape index (κ1) is 41.1. The van der Waals surface area contributed by atoms with E-state index in [1.807, 2.05) is 0 Å². The van der Waals surface area contributed by atoms with Crippen molar-refractivity contribution >= 4 is 33.9 Å². The van der Waals surface area contributed by atoms with Crippen molar-refractivity contribution in [3.8, 4) is 11.8 Å². The minimum absolute atomic E-state index is 0.00593. The number of aromatic nitrogens is 2. The van der Waals surface area contributed by atoms with Crippen molar-refractivity contribution in [2.24, 2.45) is 0 Å². The quantitative estimate of drug-likeness (QED) is 0.101. The number of hydrogen-bond donors (Lipinski definition) is 1. The summed E-state index contributed by atoms with van der Waals surface area (Å²) in [5.41, 5.74) is -0.364. The molecule has 11 nitrogen and oxygen atoms in total. The van der Waals surface area contributed by atoms with Crippen LogP contribution in [-0.4, -0.2) is 61.9 Å². The van der Waals surface area contributed by atoms with Crippen LogP contribution in [0, 0.1) is 22.0 Å². The van der Waals surface area contributed by atoms with Crippen molar-refractivity contribution in [3.05, 3.63) is 62.2 Å². The molecule has 1 N–H and O–H groups in total. The molecule has 1 unspecified atom stereocenters. The van der Waals surface area contributed by atoms with Crippen molar-refractivity contribution < 1.29 is 36.5 Å². The lowest BCUT2D eigenvalue weighted by molar-refractivity contribution is -0.385. The van der Waals surface area contributed by atoms with Crippen LogP contribution in [0.25, 0.3) is 0 Å². The number of benzene rings is 1. The summed E-state index contributed by atoms with van der Waals surface area (Å²) in [7, 11) is -4.29. The molecule has 1 aromatic heterocycles. The highest BCUT2D eigenvalue weighted by Crippen LogP contribution is 2.42. The predicted molar refractivity (Wildman–Crippen MR) is 190 cm³/mol. The second kappa shape index (κ2) is 15.5. The van der Waals surface area contributed by atoms with Crippen LogP contribution in [0.1, 0.15) is 78.2 Å². The molecule has 1 fully saturated rings. The van der Waals surface area contributed by atoms with Gasteiger partial charge in [0, 0.05) is 49.2 Å². The number of Topliss-reactive ketones (excluding diaryl/α,β-unsaturated/α-hetero) is 1. The number of nitrogens with zero attached hydrogens (tertiary/aromatic N) is 3. The molecule has 0 saturated carbocycles. The molecule has 50 heavy (non-hydrogen) atoms. The van der Waals surface area contributed by atoms with Gasteiger partial charge in [-0.2, -0.15) is 18.2 Å². The molecule has 0 spiro atoms. The first-order valence-corrected chi connectivity index (χ1v) is 22.3. The standard InChI is InChI=1S/C34H49F3N4O7Si2/c1-32(2,3)49(7,8)46-22-27-26(48-50(9,10)33(4,5)6)20-30(47-27)40-18-17-29(39-31(40)43)38-21-24-16-15-23(19-25(24)41(44)45)13-11-12-14-28(42)34(35,36)37/h15-19,26-27,30H,12,14,20-22H2,1-10H3,(H,38,39,43)/t26?,27-,30-/m1/s1. The summed E-state index contributed by atoms with van der Waals surface area (Å²) in [6.07, 6.45) is -5.36. The van der Waals surface area contributed by atoms with Crippen LogP contribution in [0.4, 0.5) is 24.7 Å². The number of carbonyl (C=O) groups excluding carboxylic acids is 1. The fourth-order valence-corrected chi connectivity index (χ4v) is 6.94. The van der Waals surface area contributed by atoms with E-state index in [0.29, 0.717) is 13.0 Å². The summed E-state index contributed by atoms with van der Waals surface area (Å²) in [6.45, 7) is 22.0. The lowest BCUT2D eigenvalue weighted by Gasteiger charge is -2.40. The largest absolute Gasteiger partial charge is 0.450 e. The lowest BCUT2D eigenvalue weighted by Crippen LogP contribution is -2.48. The number of nitrogens with one attached hydrogen (secondary N) is 1. The Kier molecular flexibility index (Phi) is 12.7. The number of ether oxygens (including phenoxy) is 1. The van der Waals surface area contributed by atoms with Crippen LogP contribution in [0.3, 0.4) is 0 Å². The average Bonchev–Trinajstić information content (AvgIpc) is 3.37. The summed E-state index contributed by atoms with van der Waals surface area (Å²) in [4.78, 5) is 39.6. The highest BCUT2D eigenvalue weighted by molar-refractivity contribution is 6.74. The van der Waals surface area contributed by atoms with Gasteiger partial charge in [0.05, 0.1) is 17.6 Å². The smallest absolute Gasteiger partial charge is 0.414 e. The number of hydrogen-bond acceptors (Lipinski definition) is 9. The van der Waals surface area contributed by atoms with Crippen LogP contribution in [0.2, 0.25) is 36.3 Å². The molecule has 0 radical (unpaired) electrons. The highest BCUT2D eigenvalue weighted by Gasteiger charge is 2.47. The van der Waals surface area contributed by atoms with E-state index in [-0.39, 0.29) is 57.9 Å². The Morgan fingerprint density at radius 2 is 1.74 bits per heavy atom. The third kappa shape index (κ3) is 10.6. The predicted octanol–water partition coefficient (Wildman–Crippen LogP) is 7.73. The zero-order valence-corrected chi connectivity index (χ0v) is 32.5. The summed E-state index contributed by atoms with van der Waals surface area (Å²) in [5, 5.41) is 14.7. The Morgan fingerprint density at radius 1 is 1.10 bits per heavy atom. The van der Waals surface area contributed by atoms with Gasteiger partial charge in [-0.05, 0) is 54.5 Å². The van der Waals surface area contributed by atoms with Crippen molar-refractivity contribution in [3.63, 3.8) is 0 Å².